The molecule has 0 saturated carbocycles. The van der Waals surface area contributed by atoms with Gasteiger partial charge in [0.05, 0.1) is 6.61 Å². The van der Waals surface area contributed by atoms with Crippen LogP contribution in [0.25, 0.3) is 0 Å². The van der Waals surface area contributed by atoms with Gasteiger partial charge in [-0.2, -0.15) is 0 Å². The zero-order chi connectivity index (χ0) is 11.8. The molecule has 1 fully saturated rings. The van der Waals surface area contributed by atoms with Crippen LogP contribution in [0.4, 0.5) is 0 Å². The Bertz CT molecular complexity index is 206. The average Bonchev–Trinajstić information content (AvgIpc) is 2.33. The van der Waals surface area contributed by atoms with Gasteiger partial charge in [0, 0.05) is 26.1 Å². The molecular weight excluding hydrogens is 202 g/mol. The van der Waals surface area contributed by atoms with E-state index in [0.29, 0.717) is 11.8 Å². The molecule has 16 heavy (non-hydrogen) atoms. The van der Waals surface area contributed by atoms with Gasteiger partial charge in [-0.1, -0.05) is 13.3 Å². The molecule has 0 spiro atoms. The molecule has 0 aromatic rings. The molecule has 1 aliphatic rings. The third kappa shape index (κ3) is 4.52. The lowest BCUT2D eigenvalue weighted by atomic mass is 9.98. The summed E-state index contributed by atoms with van der Waals surface area (Å²) >= 11 is 0. The van der Waals surface area contributed by atoms with Crippen molar-refractivity contribution in [2.24, 2.45) is 5.92 Å². The summed E-state index contributed by atoms with van der Waals surface area (Å²) in [7, 11) is 0. The first-order valence-electron chi connectivity index (χ1n) is 6.63. The quantitative estimate of drug-likeness (QED) is 0.697. The van der Waals surface area contributed by atoms with Gasteiger partial charge >= 0.3 is 0 Å². The Morgan fingerprint density at radius 3 is 2.94 bits per heavy atom. The Hall–Kier alpha value is -0.570. The topological polar surface area (TPSA) is 29.5 Å². The predicted octanol–water partition coefficient (Wildman–Crippen LogP) is 2.45. The van der Waals surface area contributed by atoms with Crippen molar-refractivity contribution < 1.29 is 9.53 Å². The van der Waals surface area contributed by atoms with Crippen LogP contribution < -0.4 is 0 Å². The lowest BCUT2D eigenvalue weighted by Crippen LogP contribution is -2.41. The van der Waals surface area contributed by atoms with Crippen LogP contribution in [0.5, 0.6) is 0 Å². The number of nitrogens with zero attached hydrogens (tertiary/aromatic N) is 1. The van der Waals surface area contributed by atoms with Crippen molar-refractivity contribution >= 4 is 5.91 Å². The minimum Gasteiger partial charge on any atom is -0.381 e. The number of rotatable bonds is 6. The number of amides is 1. The molecule has 94 valence electrons. The first-order valence-corrected chi connectivity index (χ1v) is 6.63. The summed E-state index contributed by atoms with van der Waals surface area (Å²) in [5.74, 6) is 0.891. The second-order valence-corrected chi connectivity index (χ2v) is 4.61. The molecule has 0 N–H and O–H groups in total. The van der Waals surface area contributed by atoms with Gasteiger partial charge in [-0.05, 0) is 32.1 Å². The third-order valence-electron chi connectivity index (χ3n) is 3.17. The SMILES string of the molecule is CCCCC(=O)N1CCC[C@H](COCC)C1. The van der Waals surface area contributed by atoms with Gasteiger partial charge in [0.25, 0.3) is 0 Å². The standard InChI is InChI=1S/C13H25NO2/c1-3-5-8-13(15)14-9-6-7-12(10-14)11-16-4-2/h12H,3-11H2,1-2H3/t12-/m0/s1. The smallest absolute Gasteiger partial charge is 0.222 e. The molecule has 3 nitrogen and oxygen atoms in total. The molecular formula is C13H25NO2. The lowest BCUT2D eigenvalue weighted by molar-refractivity contribution is -0.133. The van der Waals surface area contributed by atoms with Crippen LogP contribution in [0.3, 0.4) is 0 Å². The minimum atomic E-state index is 0.336. The Labute approximate surface area is 99.1 Å². The molecule has 0 unspecified atom stereocenters. The molecule has 1 rings (SSSR count). The average molecular weight is 227 g/mol. The minimum absolute atomic E-state index is 0.336. The number of unbranched alkanes of at least 4 members (excludes halogenated alkanes) is 1. The van der Waals surface area contributed by atoms with Crippen molar-refractivity contribution in [1.82, 2.24) is 4.90 Å². The lowest BCUT2D eigenvalue weighted by Gasteiger charge is -2.32. The van der Waals surface area contributed by atoms with E-state index in [9.17, 15) is 4.79 Å². The van der Waals surface area contributed by atoms with Gasteiger partial charge in [0.2, 0.25) is 5.91 Å². The van der Waals surface area contributed by atoms with E-state index in [1.165, 1.54) is 6.42 Å². The number of likely N-dealkylation sites (tertiary alicyclic amines) is 1. The fraction of sp³-hybridized carbons (Fsp3) is 0.923. The Balaban J connectivity index is 2.28. The summed E-state index contributed by atoms with van der Waals surface area (Å²) in [4.78, 5) is 13.9. The number of carbonyl (C=O) groups excluding carboxylic acids is 1. The molecule has 1 aliphatic heterocycles. The summed E-state index contributed by atoms with van der Waals surface area (Å²) < 4.78 is 5.44. The molecule has 1 saturated heterocycles. The van der Waals surface area contributed by atoms with Crippen molar-refractivity contribution in [2.45, 2.75) is 46.0 Å². The van der Waals surface area contributed by atoms with E-state index in [2.05, 4.69) is 6.92 Å². The van der Waals surface area contributed by atoms with Crippen LogP contribution in [0.15, 0.2) is 0 Å². The fourth-order valence-corrected chi connectivity index (χ4v) is 2.20. The van der Waals surface area contributed by atoms with Crippen LogP contribution in [0.1, 0.15) is 46.0 Å². The summed E-state index contributed by atoms with van der Waals surface area (Å²) in [6.07, 6.45) is 5.18. The van der Waals surface area contributed by atoms with Crippen molar-refractivity contribution in [3.05, 3.63) is 0 Å². The van der Waals surface area contributed by atoms with Crippen LogP contribution >= 0.6 is 0 Å². The molecule has 1 heterocycles. The first-order chi connectivity index (χ1) is 7.77. The first kappa shape index (κ1) is 13.5. The molecule has 0 aliphatic carbocycles. The van der Waals surface area contributed by atoms with Crippen molar-refractivity contribution in [2.75, 3.05) is 26.3 Å². The predicted molar refractivity (Wildman–Crippen MR) is 65.3 cm³/mol. The van der Waals surface area contributed by atoms with E-state index in [4.69, 9.17) is 4.74 Å². The number of hydrogen-bond donors (Lipinski definition) is 0. The van der Waals surface area contributed by atoms with Crippen LogP contribution in [0, 0.1) is 5.92 Å². The normalized spacial score (nSPS) is 21.1. The summed E-state index contributed by atoms with van der Waals surface area (Å²) in [5, 5.41) is 0. The molecule has 0 bridgehead atoms. The van der Waals surface area contributed by atoms with E-state index < -0.39 is 0 Å². The zero-order valence-corrected chi connectivity index (χ0v) is 10.7. The highest BCUT2D eigenvalue weighted by Gasteiger charge is 2.22. The maximum atomic E-state index is 11.9. The molecule has 0 aromatic heterocycles. The highest BCUT2D eigenvalue weighted by Crippen LogP contribution is 2.18. The molecule has 1 atom stereocenters. The Morgan fingerprint density at radius 1 is 1.44 bits per heavy atom. The van der Waals surface area contributed by atoms with E-state index in [1.807, 2.05) is 11.8 Å². The largest absolute Gasteiger partial charge is 0.381 e. The van der Waals surface area contributed by atoms with Crippen LogP contribution in [0.2, 0.25) is 0 Å². The maximum absolute atomic E-state index is 11.9. The molecule has 0 radical (unpaired) electrons. The Morgan fingerprint density at radius 2 is 2.25 bits per heavy atom. The van der Waals surface area contributed by atoms with Crippen molar-refractivity contribution in [3.8, 4) is 0 Å². The van der Waals surface area contributed by atoms with Gasteiger partial charge in [0.1, 0.15) is 0 Å². The van der Waals surface area contributed by atoms with Gasteiger partial charge in [-0.3, -0.25) is 4.79 Å². The van der Waals surface area contributed by atoms with Crippen LogP contribution in [-0.2, 0) is 9.53 Å². The van der Waals surface area contributed by atoms with E-state index in [0.717, 1.165) is 52.0 Å². The van der Waals surface area contributed by atoms with Crippen LogP contribution in [-0.4, -0.2) is 37.1 Å². The van der Waals surface area contributed by atoms with Crippen molar-refractivity contribution in [1.29, 1.82) is 0 Å². The van der Waals surface area contributed by atoms with Gasteiger partial charge in [-0.15, -0.1) is 0 Å². The number of ether oxygens (including phenoxy) is 1. The molecule has 1 amide bonds. The zero-order valence-electron chi connectivity index (χ0n) is 10.7. The summed E-state index contributed by atoms with van der Waals surface area (Å²) in [6, 6.07) is 0. The van der Waals surface area contributed by atoms with E-state index >= 15 is 0 Å². The summed E-state index contributed by atoms with van der Waals surface area (Å²) in [6.45, 7) is 7.59. The number of carbonyl (C=O) groups is 1. The Kier molecular flexibility index (Phi) is 6.46. The third-order valence-corrected chi connectivity index (χ3v) is 3.17. The van der Waals surface area contributed by atoms with E-state index in [1.54, 1.807) is 0 Å². The monoisotopic (exact) mass is 227 g/mol. The molecule has 3 heteroatoms. The second kappa shape index (κ2) is 7.66. The van der Waals surface area contributed by atoms with Crippen molar-refractivity contribution in [3.63, 3.8) is 0 Å². The van der Waals surface area contributed by atoms with Gasteiger partial charge < -0.3 is 9.64 Å². The second-order valence-electron chi connectivity index (χ2n) is 4.61. The van der Waals surface area contributed by atoms with Gasteiger partial charge in [-0.25, -0.2) is 0 Å². The highest BCUT2D eigenvalue weighted by atomic mass is 16.5. The van der Waals surface area contributed by atoms with Gasteiger partial charge in [0.15, 0.2) is 0 Å². The fourth-order valence-electron chi connectivity index (χ4n) is 2.20. The number of piperidine rings is 1. The maximum Gasteiger partial charge on any atom is 0.222 e. The van der Waals surface area contributed by atoms with E-state index in [-0.39, 0.29) is 0 Å². The molecule has 0 aromatic carbocycles. The summed E-state index contributed by atoms with van der Waals surface area (Å²) in [5.41, 5.74) is 0. The number of hydrogen-bond acceptors (Lipinski definition) is 2. The highest BCUT2D eigenvalue weighted by molar-refractivity contribution is 5.76.